The molecule has 4 aromatic heterocycles. The molecule has 3 unspecified atom stereocenters. The molecule has 0 radical (unpaired) electrons. The maximum absolute atomic E-state index is 13.7. The van der Waals surface area contributed by atoms with E-state index >= 15 is 0 Å². The summed E-state index contributed by atoms with van der Waals surface area (Å²) < 4.78 is 32.7. The first-order chi connectivity index (χ1) is 23.5. The Morgan fingerprint density at radius 1 is 1.02 bits per heavy atom. The Hall–Kier alpha value is -4.35. The quantitative estimate of drug-likeness (QED) is 0.200. The fourth-order valence-electron chi connectivity index (χ4n) is 9.14. The number of carbonyl (C=O) groups is 1. The monoisotopic (exact) mass is 693 g/mol. The van der Waals surface area contributed by atoms with Crippen LogP contribution in [0.3, 0.4) is 0 Å². The van der Waals surface area contributed by atoms with Crippen LogP contribution in [0.2, 0.25) is 5.02 Å². The summed E-state index contributed by atoms with van der Waals surface area (Å²) in [4.78, 5) is 15.8. The predicted molar refractivity (Wildman–Crippen MR) is 191 cm³/mol. The average molecular weight is 694 g/mol. The van der Waals surface area contributed by atoms with E-state index in [2.05, 4.69) is 50.5 Å². The van der Waals surface area contributed by atoms with E-state index in [0.717, 1.165) is 81.2 Å². The van der Waals surface area contributed by atoms with Crippen molar-refractivity contribution in [2.75, 3.05) is 17.5 Å². The molecule has 0 spiro atoms. The Bertz CT molecular complexity index is 2530. The smallest absolute Gasteiger partial charge is 0.255 e. The fourth-order valence-corrected chi connectivity index (χ4v) is 9.87. The first-order valence-electron chi connectivity index (χ1n) is 17.1. The van der Waals surface area contributed by atoms with E-state index in [1.54, 1.807) is 17.8 Å². The molecule has 10 rings (SSSR count). The van der Waals surface area contributed by atoms with Crippen LogP contribution in [0.4, 0.5) is 5.82 Å². The summed E-state index contributed by atoms with van der Waals surface area (Å²) in [5.41, 5.74) is 8.50. The number of aryl methyl sites for hydroxylation is 2. The first-order valence-corrected chi connectivity index (χ1v) is 19.4. The van der Waals surface area contributed by atoms with E-state index < -0.39 is 10.0 Å². The summed E-state index contributed by atoms with van der Waals surface area (Å²) in [5.74, 6) is 3.25. The summed E-state index contributed by atoms with van der Waals surface area (Å²) in [6, 6.07) is 16.9. The molecule has 1 amide bonds. The summed E-state index contributed by atoms with van der Waals surface area (Å²) in [5, 5.41) is 11.7. The van der Waals surface area contributed by atoms with E-state index in [4.69, 9.17) is 16.7 Å². The summed E-state index contributed by atoms with van der Waals surface area (Å²) >= 11 is 6.63. The minimum absolute atomic E-state index is 0.133. The van der Waals surface area contributed by atoms with Gasteiger partial charge in [0, 0.05) is 54.4 Å². The second kappa shape index (κ2) is 10.1. The van der Waals surface area contributed by atoms with Gasteiger partial charge in [-0.25, -0.2) is 12.9 Å². The number of hydrogen-bond acceptors (Lipinski definition) is 5. The Kier molecular flexibility index (Phi) is 6.09. The van der Waals surface area contributed by atoms with Crippen molar-refractivity contribution in [3.8, 4) is 22.5 Å². The molecule has 2 aromatic carbocycles. The Labute approximate surface area is 288 Å². The molecular weight excluding hydrogens is 658 g/mol. The van der Waals surface area contributed by atoms with Crippen molar-refractivity contribution in [3.05, 3.63) is 70.9 Å². The number of nitrogens with zero attached hydrogens (tertiary/aromatic N) is 6. The van der Waals surface area contributed by atoms with Crippen LogP contribution in [0, 0.1) is 30.6 Å². The normalized spacial score (nSPS) is 22.9. The molecule has 4 aliphatic rings. The van der Waals surface area contributed by atoms with Gasteiger partial charge in [-0.15, -0.1) is 0 Å². The lowest BCUT2D eigenvalue weighted by Gasteiger charge is -2.52. The van der Waals surface area contributed by atoms with E-state index in [0.29, 0.717) is 33.8 Å². The number of rotatable bonds is 7. The molecule has 250 valence electrons. The summed E-state index contributed by atoms with van der Waals surface area (Å²) in [6.45, 7) is 3.91. The zero-order valence-electron chi connectivity index (χ0n) is 27.5. The number of anilines is 1. The average Bonchev–Trinajstić information content (AvgIpc) is 3.61. The molecule has 4 atom stereocenters. The van der Waals surface area contributed by atoms with E-state index in [1.165, 1.54) is 25.7 Å². The zero-order valence-corrected chi connectivity index (χ0v) is 29.1. The van der Waals surface area contributed by atoms with Crippen molar-refractivity contribution in [1.29, 1.82) is 0 Å². The SMILES string of the molecule is Cc1c(-c2cc3ccc(-c4ccc(Cl)c5c(NS(C)(=O)=O)nn(C)c45)cc3n2CC2CC2)nn2cc(C(=O)N3CC4CC5CC3[C@H]54)ccc12. The van der Waals surface area contributed by atoms with E-state index in [1.807, 2.05) is 28.9 Å². The van der Waals surface area contributed by atoms with Gasteiger partial charge in [0.25, 0.3) is 5.91 Å². The number of amides is 1. The molecule has 10 nitrogen and oxygen atoms in total. The van der Waals surface area contributed by atoms with Gasteiger partial charge in [0.05, 0.1) is 39.0 Å². The van der Waals surface area contributed by atoms with Crippen LogP contribution in [0.25, 0.3) is 49.8 Å². The summed E-state index contributed by atoms with van der Waals surface area (Å²) in [7, 11) is -1.76. The molecule has 5 heterocycles. The first kappa shape index (κ1) is 29.6. The van der Waals surface area contributed by atoms with Gasteiger partial charge < -0.3 is 9.47 Å². The lowest BCUT2D eigenvalue weighted by molar-refractivity contribution is -0.0204. The van der Waals surface area contributed by atoms with Crippen LogP contribution >= 0.6 is 11.6 Å². The third-order valence-electron chi connectivity index (χ3n) is 11.7. The zero-order chi connectivity index (χ0) is 33.5. The van der Waals surface area contributed by atoms with Crippen molar-refractivity contribution in [1.82, 2.24) is 28.9 Å². The highest BCUT2D eigenvalue weighted by Gasteiger charge is 2.61. The molecule has 1 aliphatic heterocycles. The minimum atomic E-state index is -3.55. The lowest BCUT2D eigenvalue weighted by atomic mass is 9.53. The number of pyridine rings is 1. The molecule has 12 heteroatoms. The molecule has 3 saturated carbocycles. The number of carbonyl (C=O) groups excluding carboxylic acids is 1. The molecule has 49 heavy (non-hydrogen) atoms. The Balaban J connectivity index is 1.07. The number of benzene rings is 2. The van der Waals surface area contributed by atoms with Crippen LogP contribution in [-0.4, -0.2) is 62.0 Å². The second-order valence-corrected chi connectivity index (χ2v) is 17.0. The van der Waals surface area contributed by atoms with Crippen molar-refractivity contribution in [2.24, 2.45) is 30.7 Å². The second-order valence-electron chi connectivity index (χ2n) is 14.8. The maximum atomic E-state index is 13.7. The van der Waals surface area contributed by atoms with Gasteiger partial charge in [-0.05, 0) is 92.2 Å². The Morgan fingerprint density at radius 2 is 1.86 bits per heavy atom. The van der Waals surface area contributed by atoms with Gasteiger partial charge in [-0.3, -0.25) is 14.2 Å². The van der Waals surface area contributed by atoms with Crippen molar-refractivity contribution in [2.45, 2.75) is 45.2 Å². The van der Waals surface area contributed by atoms with Gasteiger partial charge in [0.15, 0.2) is 5.82 Å². The lowest BCUT2D eigenvalue weighted by Crippen LogP contribution is -2.53. The fraction of sp³-hybridized carbons (Fsp3) is 0.378. The van der Waals surface area contributed by atoms with E-state index in [9.17, 15) is 13.2 Å². The molecule has 0 bridgehead atoms. The molecule has 6 aromatic rings. The van der Waals surface area contributed by atoms with Gasteiger partial charge in [0.2, 0.25) is 10.0 Å². The van der Waals surface area contributed by atoms with Crippen LogP contribution in [0.5, 0.6) is 0 Å². The number of nitrogens with one attached hydrogen (secondary N) is 1. The largest absolute Gasteiger partial charge is 0.339 e. The van der Waals surface area contributed by atoms with Gasteiger partial charge in [0.1, 0.15) is 5.69 Å². The van der Waals surface area contributed by atoms with Crippen LogP contribution < -0.4 is 4.72 Å². The number of halogens is 1. The predicted octanol–water partition coefficient (Wildman–Crippen LogP) is 6.73. The highest BCUT2D eigenvalue weighted by Crippen LogP contribution is 2.60. The number of sulfonamides is 1. The highest BCUT2D eigenvalue weighted by molar-refractivity contribution is 7.92. The molecule has 4 fully saturated rings. The van der Waals surface area contributed by atoms with Crippen LogP contribution in [0.1, 0.15) is 41.6 Å². The Morgan fingerprint density at radius 3 is 2.61 bits per heavy atom. The van der Waals surface area contributed by atoms with Crippen LogP contribution in [-0.2, 0) is 23.6 Å². The number of hydrogen-bond donors (Lipinski definition) is 1. The standard InChI is InChI=1S/C37H36ClN7O3S/c1-19-28-11-8-23(37(46)44-17-25-12-24-15-30(44)32(24)25)18-45(28)39-34(19)31-14-22-7-6-21(13-29(22)43(31)16-20-4-5-20)26-9-10-27(38)33-35(26)42(2)40-36(33)41-49(3,47)48/h6-11,13-14,18,20,24-25,30,32H,4-5,12,15-17H2,1-3H3,(H,40,41)/t24?,25?,30?,32-/m1/s1. The molecular formula is C37H36ClN7O3S. The minimum Gasteiger partial charge on any atom is -0.339 e. The highest BCUT2D eigenvalue weighted by atomic mass is 35.5. The molecule has 3 aliphatic carbocycles. The third kappa shape index (κ3) is 4.44. The van der Waals surface area contributed by atoms with Crippen molar-refractivity contribution in [3.63, 3.8) is 0 Å². The van der Waals surface area contributed by atoms with Gasteiger partial charge >= 0.3 is 0 Å². The van der Waals surface area contributed by atoms with Crippen molar-refractivity contribution >= 4 is 60.7 Å². The maximum Gasteiger partial charge on any atom is 0.255 e. The number of aromatic nitrogens is 5. The third-order valence-corrected chi connectivity index (χ3v) is 12.6. The number of fused-ring (bicyclic) bond motifs is 3. The van der Waals surface area contributed by atoms with Gasteiger partial charge in [-0.1, -0.05) is 29.8 Å². The molecule has 1 saturated heterocycles. The molecule has 1 N–H and O–H groups in total. The van der Waals surface area contributed by atoms with Crippen LogP contribution in [0.15, 0.2) is 54.7 Å². The van der Waals surface area contributed by atoms with Gasteiger partial charge in [-0.2, -0.15) is 10.2 Å². The van der Waals surface area contributed by atoms with Crippen molar-refractivity contribution < 1.29 is 13.2 Å². The summed E-state index contributed by atoms with van der Waals surface area (Å²) in [6.07, 6.45) is 7.89. The topological polar surface area (TPSA) is 107 Å². The number of likely N-dealkylation sites (tertiary alicyclic amines) is 1. The van der Waals surface area contributed by atoms with E-state index in [-0.39, 0.29) is 11.7 Å².